The van der Waals surface area contributed by atoms with Gasteiger partial charge in [-0.3, -0.25) is 9.59 Å². The molecule has 0 aliphatic heterocycles. The maximum absolute atomic E-state index is 12.1. The summed E-state index contributed by atoms with van der Waals surface area (Å²) in [6.45, 7) is -0.413. The zero-order valence-corrected chi connectivity index (χ0v) is 11.0. The quantitative estimate of drug-likeness (QED) is 0.665. The number of halogens is 1. The van der Waals surface area contributed by atoms with E-state index >= 15 is 0 Å². The van der Waals surface area contributed by atoms with E-state index in [1.54, 1.807) is 24.3 Å². The molecule has 0 aliphatic rings. The normalized spacial score (nSPS) is 9.41. The van der Waals surface area contributed by atoms with Crippen LogP contribution < -0.4 is 0 Å². The number of hydrogen-bond donors (Lipinski definition) is 1. The number of carbonyl (C=O) groups excluding carboxylic acids is 1. The Balaban J connectivity index is 2.96. The molecule has 0 aliphatic carbocycles. The minimum atomic E-state index is -1.08. The number of carboxylic acid groups (broad SMARTS) is 1. The number of aliphatic carboxylic acids is 1. The largest absolute Gasteiger partial charge is 0.480 e. The van der Waals surface area contributed by atoms with Gasteiger partial charge in [-0.05, 0) is 34.7 Å². The van der Waals surface area contributed by atoms with Crippen molar-refractivity contribution in [2.45, 2.75) is 0 Å². The first-order valence-corrected chi connectivity index (χ1v) is 5.83. The van der Waals surface area contributed by atoms with Crippen LogP contribution in [0.25, 0.3) is 0 Å². The monoisotopic (exact) mass is 343 g/mol. The lowest BCUT2D eigenvalue weighted by Crippen LogP contribution is -2.36. The highest BCUT2D eigenvalue weighted by molar-refractivity contribution is 14.1. The Labute approximate surface area is 113 Å². The van der Waals surface area contributed by atoms with Crippen LogP contribution in [0.5, 0.6) is 0 Å². The van der Waals surface area contributed by atoms with Crippen LogP contribution in [0.2, 0.25) is 0 Å². The van der Waals surface area contributed by atoms with E-state index in [2.05, 4.69) is 5.92 Å². The summed E-state index contributed by atoms with van der Waals surface area (Å²) in [4.78, 5) is 23.8. The second-order valence-electron chi connectivity index (χ2n) is 3.24. The number of terminal acetylenes is 1. The number of nitrogens with zero attached hydrogens (tertiary/aromatic N) is 1. The maximum Gasteiger partial charge on any atom is 0.323 e. The Bertz CT molecular complexity index is 479. The summed E-state index contributed by atoms with van der Waals surface area (Å²) in [6, 6.07) is 6.96. The van der Waals surface area contributed by atoms with Crippen LogP contribution in [-0.2, 0) is 4.79 Å². The lowest BCUT2D eigenvalue weighted by Gasteiger charge is -2.18. The maximum atomic E-state index is 12.1. The van der Waals surface area contributed by atoms with E-state index in [9.17, 15) is 9.59 Å². The molecule has 0 radical (unpaired) electrons. The highest BCUT2D eigenvalue weighted by atomic mass is 127. The van der Waals surface area contributed by atoms with E-state index in [1.807, 2.05) is 22.6 Å². The fourth-order valence-electron chi connectivity index (χ4n) is 1.28. The summed E-state index contributed by atoms with van der Waals surface area (Å²) in [5.74, 6) is 0.833. The molecule has 1 amide bonds. The van der Waals surface area contributed by atoms with Gasteiger partial charge in [0.1, 0.15) is 6.54 Å². The molecule has 0 saturated heterocycles. The Morgan fingerprint density at radius 3 is 2.59 bits per heavy atom. The van der Waals surface area contributed by atoms with E-state index < -0.39 is 12.5 Å². The number of amides is 1. The standard InChI is InChI=1S/C12H10INO3/c1-2-7-14(8-11(15)16)12(17)9-5-3-4-6-10(9)13/h1,3-6H,7-8H2,(H,15,16). The van der Waals surface area contributed by atoms with Crippen molar-refractivity contribution in [3.63, 3.8) is 0 Å². The van der Waals surface area contributed by atoms with E-state index in [4.69, 9.17) is 11.5 Å². The number of benzene rings is 1. The minimum absolute atomic E-state index is 0.0178. The fraction of sp³-hybridized carbons (Fsp3) is 0.167. The zero-order valence-electron chi connectivity index (χ0n) is 8.89. The van der Waals surface area contributed by atoms with Crippen molar-refractivity contribution < 1.29 is 14.7 Å². The molecule has 1 N–H and O–H groups in total. The SMILES string of the molecule is C#CCN(CC(=O)O)C(=O)c1ccccc1I. The van der Waals surface area contributed by atoms with Crippen molar-refractivity contribution in [1.82, 2.24) is 4.90 Å². The first kappa shape index (κ1) is 13.5. The molecule has 0 heterocycles. The second-order valence-corrected chi connectivity index (χ2v) is 4.40. The van der Waals surface area contributed by atoms with E-state index in [0.717, 1.165) is 8.47 Å². The molecule has 0 atom stereocenters. The minimum Gasteiger partial charge on any atom is -0.480 e. The molecule has 88 valence electrons. The Hall–Kier alpha value is -1.55. The zero-order chi connectivity index (χ0) is 12.8. The third-order valence-electron chi connectivity index (χ3n) is 2.00. The van der Waals surface area contributed by atoms with E-state index in [0.29, 0.717) is 5.56 Å². The average molecular weight is 343 g/mol. The van der Waals surface area contributed by atoms with Crippen LogP contribution in [-0.4, -0.2) is 35.0 Å². The van der Waals surface area contributed by atoms with Gasteiger partial charge in [-0.15, -0.1) is 6.42 Å². The van der Waals surface area contributed by atoms with Gasteiger partial charge in [0, 0.05) is 3.57 Å². The molecule has 0 fully saturated rings. The number of hydrogen-bond acceptors (Lipinski definition) is 2. The van der Waals surface area contributed by atoms with E-state index in [1.165, 1.54) is 0 Å². The van der Waals surface area contributed by atoms with Crippen molar-refractivity contribution in [1.29, 1.82) is 0 Å². The molecule has 1 aromatic carbocycles. The van der Waals surface area contributed by atoms with Gasteiger partial charge >= 0.3 is 5.97 Å². The topological polar surface area (TPSA) is 57.6 Å². The van der Waals surface area contributed by atoms with Gasteiger partial charge in [0.05, 0.1) is 12.1 Å². The highest BCUT2D eigenvalue weighted by Gasteiger charge is 2.19. The summed E-state index contributed by atoms with van der Waals surface area (Å²) in [7, 11) is 0. The van der Waals surface area contributed by atoms with Gasteiger partial charge in [0.15, 0.2) is 0 Å². The lowest BCUT2D eigenvalue weighted by molar-refractivity contribution is -0.137. The molecule has 0 aromatic heterocycles. The predicted molar refractivity (Wildman–Crippen MR) is 71.5 cm³/mol. The van der Waals surface area contributed by atoms with Crippen LogP contribution in [0.1, 0.15) is 10.4 Å². The van der Waals surface area contributed by atoms with Gasteiger partial charge in [0.25, 0.3) is 5.91 Å². The second kappa shape index (κ2) is 6.25. The molecular formula is C12H10INO3. The summed E-state index contributed by atoms with van der Waals surface area (Å²) in [5, 5.41) is 8.71. The molecule has 0 spiro atoms. The molecule has 17 heavy (non-hydrogen) atoms. The first-order chi connectivity index (χ1) is 8.06. The van der Waals surface area contributed by atoms with Crippen LogP contribution in [0.4, 0.5) is 0 Å². The summed E-state index contributed by atoms with van der Waals surface area (Å²) >= 11 is 2.02. The molecule has 1 rings (SSSR count). The van der Waals surface area contributed by atoms with Gasteiger partial charge in [-0.1, -0.05) is 18.1 Å². The number of carboxylic acids is 1. The van der Waals surface area contributed by atoms with Crippen molar-refractivity contribution >= 4 is 34.5 Å². The van der Waals surface area contributed by atoms with Crippen molar-refractivity contribution in [2.75, 3.05) is 13.1 Å². The third-order valence-corrected chi connectivity index (χ3v) is 2.94. The Morgan fingerprint density at radius 2 is 2.06 bits per heavy atom. The molecule has 0 unspecified atom stereocenters. The smallest absolute Gasteiger partial charge is 0.323 e. The third kappa shape index (κ3) is 3.75. The van der Waals surface area contributed by atoms with E-state index in [-0.39, 0.29) is 12.5 Å². The molecule has 5 heteroatoms. The Kier molecular flexibility index (Phi) is 4.97. The van der Waals surface area contributed by atoms with Gasteiger partial charge < -0.3 is 10.0 Å². The molecule has 0 bridgehead atoms. The van der Waals surface area contributed by atoms with Crippen LogP contribution >= 0.6 is 22.6 Å². The lowest BCUT2D eigenvalue weighted by atomic mass is 10.2. The predicted octanol–water partition coefficient (Wildman–Crippen LogP) is 1.45. The van der Waals surface area contributed by atoms with Gasteiger partial charge in [-0.25, -0.2) is 0 Å². The van der Waals surface area contributed by atoms with Crippen molar-refractivity contribution in [3.05, 3.63) is 33.4 Å². The molecular weight excluding hydrogens is 333 g/mol. The summed E-state index contributed by atoms with van der Waals surface area (Å²) in [5.41, 5.74) is 0.463. The molecule has 4 nitrogen and oxygen atoms in total. The van der Waals surface area contributed by atoms with Crippen LogP contribution in [0.3, 0.4) is 0 Å². The number of rotatable bonds is 4. The van der Waals surface area contributed by atoms with Crippen molar-refractivity contribution in [3.8, 4) is 12.3 Å². The fourth-order valence-corrected chi connectivity index (χ4v) is 1.90. The van der Waals surface area contributed by atoms with Crippen molar-refractivity contribution in [2.24, 2.45) is 0 Å². The highest BCUT2D eigenvalue weighted by Crippen LogP contribution is 2.13. The van der Waals surface area contributed by atoms with Crippen LogP contribution in [0, 0.1) is 15.9 Å². The number of carbonyl (C=O) groups is 2. The van der Waals surface area contributed by atoms with Gasteiger partial charge in [-0.2, -0.15) is 0 Å². The average Bonchev–Trinajstić information content (AvgIpc) is 2.28. The van der Waals surface area contributed by atoms with Crippen LogP contribution in [0.15, 0.2) is 24.3 Å². The summed E-state index contributed by atoms with van der Waals surface area (Å²) in [6.07, 6.45) is 5.12. The summed E-state index contributed by atoms with van der Waals surface area (Å²) < 4.78 is 0.766. The Morgan fingerprint density at radius 1 is 1.41 bits per heavy atom. The molecule has 0 saturated carbocycles. The van der Waals surface area contributed by atoms with Gasteiger partial charge in [0.2, 0.25) is 0 Å². The first-order valence-electron chi connectivity index (χ1n) is 4.75. The molecule has 1 aromatic rings.